The molecule has 1 amide bonds. The lowest BCUT2D eigenvalue weighted by atomic mass is 9.89. The number of carbonyl (C=O) groups excluding carboxylic acids is 2. The first-order valence-electron chi connectivity index (χ1n) is 5.29. The van der Waals surface area contributed by atoms with Gasteiger partial charge in [0, 0.05) is 0 Å². The number of nitrogens with zero attached hydrogens (tertiary/aromatic N) is 1. The molecule has 0 aromatic heterocycles. The van der Waals surface area contributed by atoms with Crippen molar-refractivity contribution < 1.29 is 14.3 Å². The maximum atomic E-state index is 12.1. The van der Waals surface area contributed by atoms with Gasteiger partial charge >= 0.3 is 0 Å². The maximum absolute atomic E-state index is 12.1. The normalized spacial score (nSPS) is 18.2. The number of amides is 1. The van der Waals surface area contributed by atoms with Crippen LogP contribution < -0.4 is 5.32 Å². The first-order chi connectivity index (χ1) is 7.49. The number of ketones is 1. The Morgan fingerprint density at radius 2 is 2.31 bits per heavy atom. The number of hydrogen-bond acceptors (Lipinski definition) is 4. The van der Waals surface area contributed by atoms with Gasteiger partial charge in [0.2, 0.25) is 13.6 Å². The van der Waals surface area contributed by atoms with Gasteiger partial charge < -0.3 is 10.1 Å². The number of rotatable bonds is 5. The monoisotopic (exact) mass is 222 g/mol. The summed E-state index contributed by atoms with van der Waals surface area (Å²) in [6.07, 6.45) is 1.24. The summed E-state index contributed by atoms with van der Waals surface area (Å²) in [4.78, 5) is 26.9. The molecular weight excluding hydrogens is 207 g/mol. The van der Waals surface area contributed by atoms with E-state index < -0.39 is 11.3 Å². The SMILES string of the molecule is [B]C(=O)NC(C)(CCC)C(=O)C1=NCCO1. The Morgan fingerprint density at radius 1 is 1.62 bits per heavy atom. The summed E-state index contributed by atoms with van der Waals surface area (Å²) >= 11 is 0. The molecule has 1 unspecified atom stereocenters. The van der Waals surface area contributed by atoms with Gasteiger partial charge in [0.05, 0.1) is 6.54 Å². The van der Waals surface area contributed by atoms with E-state index in [1.165, 1.54) is 0 Å². The first-order valence-corrected chi connectivity index (χ1v) is 5.29. The topological polar surface area (TPSA) is 67.8 Å². The van der Waals surface area contributed by atoms with Crippen LogP contribution in [0.2, 0.25) is 0 Å². The lowest BCUT2D eigenvalue weighted by Crippen LogP contribution is -2.54. The summed E-state index contributed by atoms with van der Waals surface area (Å²) < 4.78 is 5.10. The van der Waals surface area contributed by atoms with Gasteiger partial charge in [-0.25, -0.2) is 4.99 Å². The lowest BCUT2D eigenvalue weighted by molar-refractivity contribution is -0.119. The van der Waals surface area contributed by atoms with E-state index in [9.17, 15) is 9.59 Å². The van der Waals surface area contributed by atoms with Gasteiger partial charge in [-0.15, -0.1) is 0 Å². The van der Waals surface area contributed by atoms with Gasteiger partial charge in [-0.3, -0.25) is 9.59 Å². The molecule has 0 aromatic rings. The third kappa shape index (κ3) is 2.84. The summed E-state index contributed by atoms with van der Waals surface area (Å²) in [6.45, 7) is 4.46. The number of ether oxygens (including phenoxy) is 1. The first kappa shape index (κ1) is 12.7. The molecule has 0 spiro atoms. The van der Waals surface area contributed by atoms with Crippen molar-refractivity contribution in [2.45, 2.75) is 32.2 Å². The van der Waals surface area contributed by atoms with E-state index in [2.05, 4.69) is 10.3 Å². The minimum Gasteiger partial charge on any atom is -0.473 e. The standard InChI is InChI=1S/C10H15BN2O3/c1-3-4-10(2,13-9(11)15)7(14)8-12-5-6-16-8/h3-6H2,1-2H3,(H,13,15). The Labute approximate surface area is 96.1 Å². The molecule has 0 bridgehead atoms. The van der Waals surface area contributed by atoms with Crippen LogP contribution in [0.3, 0.4) is 0 Å². The van der Waals surface area contributed by atoms with Crippen LogP contribution >= 0.6 is 0 Å². The van der Waals surface area contributed by atoms with Crippen LogP contribution in [0.15, 0.2) is 4.99 Å². The fourth-order valence-corrected chi connectivity index (χ4v) is 1.71. The molecular formula is C10H15BN2O3. The maximum Gasteiger partial charge on any atom is 0.256 e. The molecule has 1 N–H and O–H groups in total. The highest BCUT2D eigenvalue weighted by Crippen LogP contribution is 2.16. The molecule has 1 rings (SSSR count). The third-order valence-corrected chi connectivity index (χ3v) is 2.43. The second kappa shape index (κ2) is 5.14. The largest absolute Gasteiger partial charge is 0.473 e. The van der Waals surface area contributed by atoms with Crippen molar-refractivity contribution >= 4 is 25.3 Å². The fraction of sp³-hybridized carbons (Fsp3) is 0.700. The lowest BCUT2D eigenvalue weighted by Gasteiger charge is -2.28. The number of hydrogen-bond donors (Lipinski definition) is 1. The zero-order valence-corrected chi connectivity index (χ0v) is 9.58. The second-order valence-corrected chi connectivity index (χ2v) is 3.94. The van der Waals surface area contributed by atoms with Crippen molar-refractivity contribution in [1.29, 1.82) is 0 Å². The molecule has 86 valence electrons. The molecule has 0 saturated heterocycles. The summed E-state index contributed by atoms with van der Waals surface area (Å²) in [7, 11) is 5.06. The van der Waals surface area contributed by atoms with Crippen molar-refractivity contribution in [3.63, 3.8) is 0 Å². The van der Waals surface area contributed by atoms with Gasteiger partial charge in [0.15, 0.2) is 5.81 Å². The van der Waals surface area contributed by atoms with Crippen molar-refractivity contribution in [2.24, 2.45) is 4.99 Å². The number of carbonyl (C=O) groups is 2. The van der Waals surface area contributed by atoms with Gasteiger partial charge in [-0.2, -0.15) is 0 Å². The van der Waals surface area contributed by atoms with E-state index in [0.29, 0.717) is 19.6 Å². The molecule has 1 atom stereocenters. The van der Waals surface area contributed by atoms with E-state index in [4.69, 9.17) is 12.6 Å². The van der Waals surface area contributed by atoms with Crippen molar-refractivity contribution in [3.05, 3.63) is 0 Å². The van der Waals surface area contributed by atoms with Crippen LogP contribution in [0.1, 0.15) is 26.7 Å². The molecule has 2 radical (unpaired) electrons. The van der Waals surface area contributed by atoms with Crippen molar-refractivity contribution in [2.75, 3.05) is 13.2 Å². The smallest absolute Gasteiger partial charge is 0.256 e. The number of nitrogens with one attached hydrogen (secondary N) is 1. The van der Waals surface area contributed by atoms with Gasteiger partial charge in [0.25, 0.3) is 5.90 Å². The molecule has 0 aliphatic carbocycles. The molecule has 0 aromatic carbocycles. The Bertz CT molecular complexity index is 330. The highest BCUT2D eigenvalue weighted by molar-refractivity contribution is 6.57. The summed E-state index contributed by atoms with van der Waals surface area (Å²) in [5.74, 6) is -0.946. The van der Waals surface area contributed by atoms with E-state index in [-0.39, 0.29) is 11.7 Å². The highest BCUT2D eigenvalue weighted by Gasteiger charge is 2.37. The summed E-state index contributed by atoms with van der Waals surface area (Å²) in [6, 6.07) is 0. The van der Waals surface area contributed by atoms with Gasteiger partial charge in [-0.1, -0.05) is 13.3 Å². The van der Waals surface area contributed by atoms with E-state index in [1.54, 1.807) is 6.92 Å². The molecule has 1 heterocycles. The molecule has 0 fully saturated rings. The minimum absolute atomic E-state index is 0.0877. The Morgan fingerprint density at radius 3 is 2.75 bits per heavy atom. The predicted molar refractivity (Wildman–Crippen MR) is 60.9 cm³/mol. The van der Waals surface area contributed by atoms with E-state index >= 15 is 0 Å². The van der Waals surface area contributed by atoms with Crippen LogP contribution in [-0.2, 0) is 9.53 Å². The molecule has 1 aliphatic rings. The molecule has 5 nitrogen and oxygen atoms in total. The Hall–Kier alpha value is -1.33. The summed E-state index contributed by atoms with van der Waals surface area (Å²) in [5.41, 5.74) is -1.02. The van der Waals surface area contributed by atoms with Gasteiger partial charge in [0.1, 0.15) is 12.1 Å². The zero-order chi connectivity index (χ0) is 12.2. The predicted octanol–water partition coefficient (Wildman–Crippen LogP) is 0.421. The van der Waals surface area contributed by atoms with Crippen LogP contribution in [0.25, 0.3) is 0 Å². The Balaban J connectivity index is 2.82. The molecule has 16 heavy (non-hydrogen) atoms. The average Bonchev–Trinajstić information content (AvgIpc) is 2.68. The third-order valence-electron chi connectivity index (χ3n) is 2.43. The van der Waals surface area contributed by atoms with Crippen molar-refractivity contribution in [3.8, 4) is 0 Å². The van der Waals surface area contributed by atoms with Crippen molar-refractivity contribution in [1.82, 2.24) is 5.32 Å². The molecule has 6 heteroatoms. The van der Waals surface area contributed by atoms with Crippen LogP contribution in [0, 0.1) is 0 Å². The zero-order valence-electron chi connectivity index (χ0n) is 9.58. The summed E-state index contributed by atoms with van der Waals surface area (Å²) in [5, 5.41) is 2.46. The second-order valence-electron chi connectivity index (χ2n) is 3.94. The fourth-order valence-electron chi connectivity index (χ4n) is 1.71. The van der Waals surface area contributed by atoms with E-state index in [0.717, 1.165) is 6.42 Å². The molecule has 1 aliphatic heterocycles. The van der Waals surface area contributed by atoms with Crippen LogP contribution in [0.4, 0.5) is 4.79 Å². The van der Waals surface area contributed by atoms with Crippen LogP contribution in [0.5, 0.6) is 0 Å². The number of aliphatic imine (C=N–C) groups is 1. The van der Waals surface area contributed by atoms with Crippen LogP contribution in [-0.4, -0.2) is 44.0 Å². The molecule has 0 saturated carbocycles. The highest BCUT2D eigenvalue weighted by atomic mass is 16.5. The number of Topliss-reactive ketones (excluding diaryl/α,β-unsaturated/α-hetero) is 1. The average molecular weight is 222 g/mol. The minimum atomic E-state index is -1.02. The van der Waals surface area contributed by atoms with E-state index in [1.807, 2.05) is 6.92 Å². The van der Waals surface area contributed by atoms with Gasteiger partial charge in [-0.05, 0) is 13.3 Å². The quantitative estimate of drug-likeness (QED) is 0.685. The Kier molecular flexibility index (Phi) is 4.09.